The Kier molecular flexibility index (Phi) is 4.94. The summed E-state index contributed by atoms with van der Waals surface area (Å²) in [7, 11) is -3.41. The fraction of sp³-hybridized carbons (Fsp3) is 0.909. The van der Waals surface area contributed by atoms with Crippen molar-refractivity contribution in [3.63, 3.8) is 0 Å². The molecule has 0 aromatic rings. The number of carbonyl (C=O) groups excluding carboxylic acids is 1. The van der Waals surface area contributed by atoms with E-state index in [-0.39, 0.29) is 17.9 Å². The minimum absolute atomic E-state index is 0.0194. The maximum Gasteiger partial charge on any atom is 0.223 e. The fourth-order valence-corrected chi connectivity index (χ4v) is 2.99. The number of hydrogen-bond acceptors (Lipinski definition) is 3. The maximum absolute atomic E-state index is 11.7. The van der Waals surface area contributed by atoms with E-state index in [1.165, 1.54) is 0 Å². The van der Waals surface area contributed by atoms with Crippen LogP contribution in [0.3, 0.4) is 0 Å². The highest BCUT2D eigenvalue weighted by atomic mass is 32.2. The quantitative estimate of drug-likeness (QED) is 0.783. The topological polar surface area (TPSA) is 89.3 Å². The first kappa shape index (κ1) is 14.4. The molecule has 1 aliphatic carbocycles. The van der Waals surface area contributed by atoms with Gasteiger partial charge in [-0.15, -0.1) is 0 Å². The van der Waals surface area contributed by atoms with Gasteiger partial charge in [0.15, 0.2) is 0 Å². The van der Waals surface area contributed by atoms with Crippen LogP contribution >= 0.6 is 0 Å². The summed E-state index contributed by atoms with van der Waals surface area (Å²) in [6, 6.07) is 0.106. The van der Waals surface area contributed by atoms with E-state index >= 15 is 0 Å². The molecule has 1 amide bonds. The molecule has 0 spiro atoms. The van der Waals surface area contributed by atoms with Gasteiger partial charge < -0.3 is 5.32 Å². The van der Waals surface area contributed by atoms with E-state index in [1.54, 1.807) is 0 Å². The molecule has 0 bridgehead atoms. The van der Waals surface area contributed by atoms with Gasteiger partial charge in [-0.3, -0.25) is 4.79 Å². The number of sulfonamides is 1. The van der Waals surface area contributed by atoms with E-state index in [2.05, 4.69) is 5.32 Å². The molecule has 5 nitrogen and oxygen atoms in total. The molecule has 0 radical (unpaired) electrons. The summed E-state index contributed by atoms with van der Waals surface area (Å²) in [6.45, 7) is 3.87. The van der Waals surface area contributed by atoms with Crippen LogP contribution in [0.5, 0.6) is 0 Å². The molecule has 100 valence electrons. The van der Waals surface area contributed by atoms with Gasteiger partial charge in [0.05, 0.1) is 5.25 Å². The molecule has 0 heterocycles. The molecule has 1 unspecified atom stereocenters. The van der Waals surface area contributed by atoms with Gasteiger partial charge in [-0.25, -0.2) is 13.6 Å². The summed E-state index contributed by atoms with van der Waals surface area (Å²) >= 11 is 0. The van der Waals surface area contributed by atoms with E-state index < -0.39 is 15.3 Å². The first-order valence-electron chi connectivity index (χ1n) is 6.16. The van der Waals surface area contributed by atoms with Crippen molar-refractivity contribution in [3.8, 4) is 0 Å². The SMILES string of the molecule is CCC(C)C(=O)NC1CCC(S(N)(=O)=O)CC1. The predicted molar refractivity (Wildman–Crippen MR) is 66.7 cm³/mol. The van der Waals surface area contributed by atoms with E-state index in [4.69, 9.17) is 5.14 Å². The molecule has 0 aromatic heterocycles. The average molecular weight is 262 g/mol. The Morgan fingerprint density at radius 2 is 1.88 bits per heavy atom. The largest absolute Gasteiger partial charge is 0.353 e. The Morgan fingerprint density at radius 3 is 2.29 bits per heavy atom. The minimum Gasteiger partial charge on any atom is -0.353 e. The van der Waals surface area contributed by atoms with Crippen molar-refractivity contribution in [2.45, 2.75) is 57.2 Å². The molecular formula is C11H22N2O3S. The zero-order chi connectivity index (χ0) is 13.1. The molecule has 0 aliphatic heterocycles. The summed E-state index contributed by atoms with van der Waals surface area (Å²) in [5.74, 6) is 0.0810. The van der Waals surface area contributed by atoms with Crippen molar-refractivity contribution in [1.29, 1.82) is 0 Å². The molecule has 1 rings (SSSR count). The first-order valence-corrected chi connectivity index (χ1v) is 7.77. The normalized spacial score (nSPS) is 27.5. The van der Waals surface area contributed by atoms with Crippen molar-refractivity contribution in [3.05, 3.63) is 0 Å². The lowest BCUT2D eigenvalue weighted by molar-refractivity contribution is -0.125. The lowest BCUT2D eigenvalue weighted by Gasteiger charge is -2.28. The number of nitrogens with one attached hydrogen (secondary N) is 1. The number of primary sulfonamides is 1. The third-order valence-electron chi connectivity index (χ3n) is 3.55. The molecule has 0 saturated heterocycles. The lowest BCUT2D eigenvalue weighted by atomic mass is 9.94. The van der Waals surface area contributed by atoms with Crippen molar-refractivity contribution < 1.29 is 13.2 Å². The van der Waals surface area contributed by atoms with Gasteiger partial charge in [-0.05, 0) is 32.1 Å². The Hall–Kier alpha value is -0.620. The summed E-state index contributed by atoms with van der Waals surface area (Å²) < 4.78 is 22.3. The Bertz CT molecular complexity index is 359. The van der Waals surface area contributed by atoms with Gasteiger partial charge in [-0.1, -0.05) is 13.8 Å². The van der Waals surface area contributed by atoms with Gasteiger partial charge >= 0.3 is 0 Å². The Morgan fingerprint density at radius 1 is 1.35 bits per heavy atom. The Labute approximate surface area is 103 Å². The third kappa shape index (κ3) is 4.27. The van der Waals surface area contributed by atoms with Crippen LogP contribution in [0.15, 0.2) is 0 Å². The zero-order valence-electron chi connectivity index (χ0n) is 10.5. The molecule has 1 aliphatic rings. The highest BCUT2D eigenvalue weighted by Gasteiger charge is 2.29. The maximum atomic E-state index is 11.7. The monoisotopic (exact) mass is 262 g/mol. The van der Waals surface area contributed by atoms with Crippen LogP contribution in [0.4, 0.5) is 0 Å². The molecule has 17 heavy (non-hydrogen) atoms. The second-order valence-electron chi connectivity index (χ2n) is 4.88. The minimum atomic E-state index is -3.41. The third-order valence-corrected chi connectivity index (χ3v) is 4.95. The van der Waals surface area contributed by atoms with Crippen LogP contribution in [0, 0.1) is 5.92 Å². The highest BCUT2D eigenvalue weighted by molar-refractivity contribution is 7.89. The van der Waals surface area contributed by atoms with Crippen LogP contribution < -0.4 is 10.5 Å². The number of carbonyl (C=O) groups is 1. The van der Waals surface area contributed by atoms with Gasteiger partial charge in [0.1, 0.15) is 0 Å². The van der Waals surface area contributed by atoms with E-state index in [1.807, 2.05) is 13.8 Å². The second-order valence-corrected chi connectivity index (χ2v) is 6.73. The van der Waals surface area contributed by atoms with Crippen molar-refractivity contribution in [1.82, 2.24) is 5.32 Å². The van der Waals surface area contributed by atoms with Gasteiger partial charge in [0, 0.05) is 12.0 Å². The number of amides is 1. The van der Waals surface area contributed by atoms with Crippen molar-refractivity contribution in [2.24, 2.45) is 11.1 Å². The summed E-state index contributed by atoms with van der Waals surface area (Å²) in [5.41, 5.74) is 0. The number of hydrogen-bond donors (Lipinski definition) is 2. The van der Waals surface area contributed by atoms with Gasteiger partial charge in [0.2, 0.25) is 15.9 Å². The van der Waals surface area contributed by atoms with Crippen molar-refractivity contribution in [2.75, 3.05) is 0 Å². The van der Waals surface area contributed by atoms with Crippen LogP contribution in [-0.4, -0.2) is 25.6 Å². The highest BCUT2D eigenvalue weighted by Crippen LogP contribution is 2.23. The van der Waals surface area contributed by atoms with Crippen molar-refractivity contribution >= 4 is 15.9 Å². The standard InChI is InChI=1S/C11H22N2O3S/c1-3-8(2)11(14)13-9-4-6-10(7-5-9)17(12,15)16/h8-10H,3-7H2,1-2H3,(H,13,14)(H2,12,15,16). The van der Waals surface area contributed by atoms with Crippen LogP contribution in [0.2, 0.25) is 0 Å². The molecule has 3 N–H and O–H groups in total. The first-order chi connectivity index (χ1) is 7.84. The van der Waals surface area contributed by atoms with Crippen LogP contribution in [0.25, 0.3) is 0 Å². The average Bonchev–Trinajstić information content (AvgIpc) is 2.27. The summed E-state index contributed by atoms with van der Waals surface area (Å²) in [5, 5.41) is 7.65. The van der Waals surface area contributed by atoms with E-state index in [0.717, 1.165) is 6.42 Å². The van der Waals surface area contributed by atoms with Crippen LogP contribution in [-0.2, 0) is 14.8 Å². The molecule has 1 saturated carbocycles. The zero-order valence-corrected chi connectivity index (χ0v) is 11.3. The summed E-state index contributed by atoms with van der Waals surface area (Å²) in [6.07, 6.45) is 3.31. The summed E-state index contributed by atoms with van der Waals surface area (Å²) in [4.78, 5) is 11.7. The predicted octanol–water partition coefficient (Wildman–Crippen LogP) is 0.748. The molecular weight excluding hydrogens is 240 g/mol. The Balaban J connectivity index is 2.40. The van der Waals surface area contributed by atoms with Gasteiger partial charge in [0.25, 0.3) is 0 Å². The van der Waals surface area contributed by atoms with Crippen LogP contribution in [0.1, 0.15) is 46.0 Å². The second kappa shape index (κ2) is 5.82. The molecule has 1 atom stereocenters. The number of rotatable bonds is 4. The van der Waals surface area contributed by atoms with Gasteiger partial charge in [-0.2, -0.15) is 0 Å². The number of nitrogens with two attached hydrogens (primary N) is 1. The molecule has 6 heteroatoms. The molecule has 1 fully saturated rings. The lowest BCUT2D eigenvalue weighted by Crippen LogP contribution is -2.43. The van der Waals surface area contributed by atoms with E-state index in [9.17, 15) is 13.2 Å². The van der Waals surface area contributed by atoms with E-state index in [0.29, 0.717) is 25.7 Å². The molecule has 0 aromatic carbocycles. The fourth-order valence-electron chi connectivity index (χ4n) is 2.06. The smallest absolute Gasteiger partial charge is 0.223 e.